The Morgan fingerprint density at radius 1 is 1.32 bits per heavy atom. The third-order valence-corrected chi connectivity index (χ3v) is 4.39. The number of carbonyl (C=O) groups is 1. The average molecular weight is 326 g/mol. The first kappa shape index (κ1) is 16.0. The van der Waals surface area contributed by atoms with Gasteiger partial charge >= 0.3 is 121 Å². The molecule has 0 aromatic heterocycles. The SMILES string of the molecule is CCOC(=O)/C(=C\[Se]c1ccccc1)C[C](C)OC. The topological polar surface area (TPSA) is 35.5 Å². The number of rotatable bonds is 7. The van der Waals surface area contributed by atoms with Crippen LogP contribution in [0.4, 0.5) is 0 Å². The second-order valence-electron chi connectivity index (χ2n) is 3.88. The van der Waals surface area contributed by atoms with Gasteiger partial charge in [0.1, 0.15) is 0 Å². The number of methoxy groups -OCH3 is 1. The van der Waals surface area contributed by atoms with Crippen LogP contribution in [0.3, 0.4) is 0 Å². The standard InChI is InChI=1S/C15H19O3Se/c1-4-18-15(16)13(10-12(2)17-3)11-19-14-8-6-5-7-9-14/h5-9,11H,4,10H2,1-3H3/b13-11-. The quantitative estimate of drug-likeness (QED) is 0.437. The molecule has 0 fully saturated rings. The van der Waals surface area contributed by atoms with E-state index in [9.17, 15) is 4.79 Å². The first-order valence-electron chi connectivity index (χ1n) is 6.11. The molecule has 0 atom stereocenters. The zero-order chi connectivity index (χ0) is 14.1. The second-order valence-corrected chi connectivity index (χ2v) is 5.86. The summed E-state index contributed by atoms with van der Waals surface area (Å²) in [6, 6.07) is 10.1. The molecule has 0 saturated heterocycles. The number of hydrogen-bond acceptors (Lipinski definition) is 3. The van der Waals surface area contributed by atoms with Crippen molar-refractivity contribution in [3.8, 4) is 0 Å². The molecule has 0 aliphatic carbocycles. The predicted octanol–water partition coefficient (Wildman–Crippen LogP) is 2.05. The van der Waals surface area contributed by atoms with Crippen molar-refractivity contribution < 1.29 is 14.3 Å². The van der Waals surface area contributed by atoms with Crippen molar-refractivity contribution >= 4 is 25.4 Å². The summed E-state index contributed by atoms with van der Waals surface area (Å²) in [4.78, 5) is 13.8. The molecule has 0 N–H and O–H groups in total. The van der Waals surface area contributed by atoms with E-state index in [2.05, 4.69) is 12.1 Å². The minimum absolute atomic E-state index is 0.122. The molecular formula is C15H19O3Se. The molecule has 0 heterocycles. The van der Waals surface area contributed by atoms with Crippen LogP contribution in [0, 0.1) is 6.10 Å². The van der Waals surface area contributed by atoms with Crippen molar-refractivity contribution in [1.82, 2.24) is 0 Å². The molecule has 1 aromatic rings. The van der Waals surface area contributed by atoms with Crippen molar-refractivity contribution in [2.24, 2.45) is 0 Å². The van der Waals surface area contributed by atoms with Crippen molar-refractivity contribution in [3.05, 3.63) is 47.0 Å². The van der Waals surface area contributed by atoms with Crippen LogP contribution in [0.15, 0.2) is 40.9 Å². The monoisotopic (exact) mass is 327 g/mol. The van der Waals surface area contributed by atoms with E-state index in [-0.39, 0.29) is 20.9 Å². The maximum absolute atomic E-state index is 11.9. The van der Waals surface area contributed by atoms with Gasteiger partial charge in [0.15, 0.2) is 0 Å². The van der Waals surface area contributed by atoms with Gasteiger partial charge in [-0.3, -0.25) is 0 Å². The molecule has 0 bridgehead atoms. The maximum atomic E-state index is 11.9. The van der Waals surface area contributed by atoms with Crippen LogP contribution in [-0.4, -0.2) is 34.6 Å². The van der Waals surface area contributed by atoms with Gasteiger partial charge in [-0.15, -0.1) is 0 Å². The van der Waals surface area contributed by atoms with Crippen LogP contribution in [0.1, 0.15) is 20.3 Å². The fraction of sp³-hybridized carbons (Fsp3) is 0.333. The summed E-state index contributed by atoms with van der Waals surface area (Å²) in [5.74, 6) is -0.253. The fourth-order valence-corrected chi connectivity index (χ4v) is 2.98. The predicted molar refractivity (Wildman–Crippen MR) is 77.1 cm³/mol. The van der Waals surface area contributed by atoms with E-state index in [1.807, 2.05) is 37.0 Å². The molecule has 0 unspecified atom stereocenters. The Balaban J connectivity index is 2.74. The van der Waals surface area contributed by atoms with E-state index in [0.29, 0.717) is 18.6 Å². The van der Waals surface area contributed by atoms with Gasteiger partial charge in [-0.1, -0.05) is 0 Å². The van der Waals surface area contributed by atoms with Gasteiger partial charge in [0.05, 0.1) is 0 Å². The number of benzene rings is 1. The summed E-state index contributed by atoms with van der Waals surface area (Å²) >= 11 is 0.122. The molecule has 1 rings (SSSR count). The molecule has 0 amide bonds. The third kappa shape index (κ3) is 6.06. The van der Waals surface area contributed by atoms with Gasteiger partial charge in [0.2, 0.25) is 0 Å². The molecular weight excluding hydrogens is 307 g/mol. The molecule has 4 heteroatoms. The zero-order valence-corrected chi connectivity index (χ0v) is 13.2. The van der Waals surface area contributed by atoms with Crippen molar-refractivity contribution in [2.75, 3.05) is 13.7 Å². The Labute approximate surface area is 121 Å². The number of carbonyl (C=O) groups excluding carboxylic acids is 1. The van der Waals surface area contributed by atoms with Crippen molar-refractivity contribution in [2.45, 2.75) is 20.3 Å². The summed E-state index contributed by atoms with van der Waals surface area (Å²) in [5, 5.41) is 0. The van der Waals surface area contributed by atoms with Gasteiger partial charge < -0.3 is 0 Å². The van der Waals surface area contributed by atoms with Crippen molar-refractivity contribution in [3.63, 3.8) is 0 Å². The molecule has 3 nitrogen and oxygen atoms in total. The van der Waals surface area contributed by atoms with Crippen LogP contribution < -0.4 is 4.46 Å². The number of esters is 1. The number of ether oxygens (including phenoxy) is 2. The van der Waals surface area contributed by atoms with Gasteiger partial charge in [-0.25, -0.2) is 0 Å². The summed E-state index contributed by atoms with van der Waals surface area (Å²) in [7, 11) is 1.61. The Morgan fingerprint density at radius 3 is 2.58 bits per heavy atom. The Hall–Kier alpha value is -1.09. The first-order chi connectivity index (χ1) is 9.17. The summed E-state index contributed by atoms with van der Waals surface area (Å²) in [6.07, 6.45) is 1.31. The third-order valence-electron chi connectivity index (χ3n) is 2.41. The van der Waals surface area contributed by atoms with Crippen LogP contribution >= 0.6 is 0 Å². The normalized spacial score (nSPS) is 11.7. The molecule has 19 heavy (non-hydrogen) atoms. The van der Waals surface area contributed by atoms with Gasteiger partial charge in [-0.2, -0.15) is 0 Å². The van der Waals surface area contributed by atoms with Gasteiger partial charge in [-0.05, 0) is 0 Å². The van der Waals surface area contributed by atoms with Crippen molar-refractivity contribution in [1.29, 1.82) is 0 Å². The Morgan fingerprint density at radius 2 is 2.00 bits per heavy atom. The molecule has 103 valence electrons. The second kappa shape index (κ2) is 8.92. The Kier molecular flexibility index (Phi) is 7.49. The summed E-state index contributed by atoms with van der Waals surface area (Å²) in [6.45, 7) is 4.06. The molecule has 1 aromatic carbocycles. The summed E-state index contributed by atoms with van der Waals surface area (Å²) in [5.41, 5.74) is 0.671. The zero-order valence-electron chi connectivity index (χ0n) is 11.5. The molecule has 0 saturated carbocycles. The van der Waals surface area contributed by atoms with E-state index in [4.69, 9.17) is 9.47 Å². The molecule has 0 aliphatic heterocycles. The first-order valence-corrected chi connectivity index (χ1v) is 7.96. The van der Waals surface area contributed by atoms with Crippen LogP contribution in [-0.2, 0) is 14.3 Å². The molecule has 0 aliphatic rings. The van der Waals surface area contributed by atoms with E-state index in [1.165, 1.54) is 4.46 Å². The van der Waals surface area contributed by atoms with E-state index < -0.39 is 0 Å². The van der Waals surface area contributed by atoms with E-state index >= 15 is 0 Å². The van der Waals surface area contributed by atoms with E-state index in [0.717, 1.165) is 6.10 Å². The van der Waals surface area contributed by atoms with Crippen LogP contribution in [0.2, 0.25) is 0 Å². The molecule has 1 radical (unpaired) electrons. The van der Waals surface area contributed by atoms with Crippen LogP contribution in [0.25, 0.3) is 0 Å². The average Bonchev–Trinajstić information content (AvgIpc) is 2.44. The minimum atomic E-state index is -0.253. The molecule has 0 spiro atoms. The van der Waals surface area contributed by atoms with Gasteiger partial charge in [0, 0.05) is 0 Å². The van der Waals surface area contributed by atoms with E-state index in [1.54, 1.807) is 7.11 Å². The van der Waals surface area contributed by atoms with Gasteiger partial charge in [0.25, 0.3) is 0 Å². The summed E-state index contributed by atoms with van der Waals surface area (Å²) < 4.78 is 11.4. The number of hydrogen-bond donors (Lipinski definition) is 0. The fourth-order valence-electron chi connectivity index (χ4n) is 1.36. The Bertz CT molecular complexity index is 415. The van der Waals surface area contributed by atoms with Crippen LogP contribution in [0.5, 0.6) is 0 Å².